The van der Waals surface area contributed by atoms with Crippen molar-refractivity contribution in [3.05, 3.63) is 41.7 Å². The monoisotopic (exact) mass is 255 g/mol. The molecule has 19 heavy (non-hydrogen) atoms. The van der Waals surface area contributed by atoms with Gasteiger partial charge in [-0.25, -0.2) is 0 Å². The molecule has 1 aromatic heterocycles. The van der Waals surface area contributed by atoms with Crippen molar-refractivity contribution in [3.63, 3.8) is 0 Å². The van der Waals surface area contributed by atoms with E-state index in [1.807, 2.05) is 6.20 Å². The van der Waals surface area contributed by atoms with E-state index in [0.29, 0.717) is 6.04 Å². The third-order valence-corrected chi connectivity index (χ3v) is 4.04. The van der Waals surface area contributed by atoms with Gasteiger partial charge in [0.1, 0.15) is 0 Å². The van der Waals surface area contributed by atoms with Crippen molar-refractivity contribution < 1.29 is 0 Å². The molecule has 0 spiro atoms. The molecule has 3 heteroatoms. The summed E-state index contributed by atoms with van der Waals surface area (Å²) in [7, 11) is 0. The van der Waals surface area contributed by atoms with Crippen LogP contribution < -0.4 is 5.32 Å². The van der Waals surface area contributed by atoms with E-state index in [-0.39, 0.29) is 0 Å². The maximum Gasteiger partial charge on any atom is 0.0568 e. The molecule has 1 aromatic carbocycles. The molecule has 0 amide bonds. The topological polar surface area (TPSA) is 29.9 Å². The van der Waals surface area contributed by atoms with Crippen molar-refractivity contribution in [2.24, 2.45) is 0 Å². The highest BCUT2D eigenvalue weighted by atomic mass is 15.3. The van der Waals surface area contributed by atoms with Gasteiger partial charge in [-0.1, -0.05) is 18.2 Å². The van der Waals surface area contributed by atoms with Crippen LogP contribution in [0.25, 0.3) is 11.1 Å². The van der Waals surface area contributed by atoms with Gasteiger partial charge >= 0.3 is 0 Å². The van der Waals surface area contributed by atoms with Crippen molar-refractivity contribution >= 4 is 0 Å². The third kappa shape index (κ3) is 2.71. The molecule has 1 aliphatic rings. The molecule has 100 valence electrons. The predicted molar refractivity (Wildman–Crippen MR) is 78.2 cm³/mol. The van der Waals surface area contributed by atoms with Crippen LogP contribution in [0.5, 0.6) is 0 Å². The molecule has 1 fully saturated rings. The van der Waals surface area contributed by atoms with E-state index < -0.39 is 0 Å². The lowest BCUT2D eigenvalue weighted by Crippen LogP contribution is -2.26. The van der Waals surface area contributed by atoms with Crippen LogP contribution in [0.15, 0.2) is 30.6 Å². The van der Waals surface area contributed by atoms with Crippen molar-refractivity contribution in [2.75, 3.05) is 6.54 Å². The smallest absolute Gasteiger partial charge is 0.0568 e. The number of hydrogen-bond donors (Lipinski definition) is 1. The summed E-state index contributed by atoms with van der Waals surface area (Å²) < 4.78 is 2.06. The van der Waals surface area contributed by atoms with Crippen molar-refractivity contribution in [2.45, 2.75) is 39.3 Å². The van der Waals surface area contributed by atoms with Gasteiger partial charge in [-0.2, -0.15) is 5.10 Å². The molecule has 3 rings (SSSR count). The van der Waals surface area contributed by atoms with Crippen molar-refractivity contribution in [1.82, 2.24) is 15.1 Å². The zero-order chi connectivity index (χ0) is 13.2. The van der Waals surface area contributed by atoms with Crippen LogP contribution in [0.2, 0.25) is 0 Å². The lowest BCUT2D eigenvalue weighted by atomic mass is 10.0. The lowest BCUT2D eigenvalue weighted by molar-refractivity contribution is 0.476. The fraction of sp³-hybridized carbons (Fsp3) is 0.438. The average molecular weight is 255 g/mol. The first-order valence-corrected chi connectivity index (χ1v) is 7.06. The quantitative estimate of drug-likeness (QED) is 0.914. The summed E-state index contributed by atoms with van der Waals surface area (Å²) in [4.78, 5) is 0. The van der Waals surface area contributed by atoms with Gasteiger partial charge in [0, 0.05) is 17.8 Å². The molecule has 0 bridgehead atoms. The Labute approximate surface area is 114 Å². The van der Waals surface area contributed by atoms with E-state index in [9.17, 15) is 0 Å². The van der Waals surface area contributed by atoms with Gasteiger partial charge < -0.3 is 5.32 Å². The fourth-order valence-corrected chi connectivity index (χ4v) is 2.67. The Morgan fingerprint density at radius 2 is 2.16 bits per heavy atom. The summed E-state index contributed by atoms with van der Waals surface area (Å²) in [5.41, 5.74) is 5.14. The Morgan fingerprint density at radius 1 is 1.26 bits per heavy atom. The average Bonchev–Trinajstić information content (AvgIpc) is 3.05. The second-order valence-electron chi connectivity index (χ2n) is 5.54. The molecular weight excluding hydrogens is 234 g/mol. The summed E-state index contributed by atoms with van der Waals surface area (Å²) >= 11 is 0. The first-order chi connectivity index (χ1) is 9.22. The lowest BCUT2D eigenvalue weighted by Gasteiger charge is -2.09. The van der Waals surface area contributed by atoms with Gasteiger partial charge in [-0.15, -0.1) is 0 Å². The van der Waals surface area contributed by atoms with Crippen LogP contribution in [0.1, 0.15) is 24.0 Å². The molecule has 0 saturated carbocycles. The standard InChI is InChI=1S/C16H21N3/c1-12-5-6-14(8-13(12)2)15-9-18-19(10-15)11-16-4-3-7-17-16/h5-6,8-10,16-17H,3-4,7,11H2,1-2H3. The minimum absolute atomic E-state index is 0.590. The number of rotatable bonds is 3. The Balaban J connectivity index is 1.78. The summed E-state index contributed by atoms with van der Waals surface area (Å²) in [5.74, 6) is 0. The van der Waals surface area contributed by atoms with Gasteiger partial charge in [0.15, 0.2) is 0 Å². The second-order valence-corrected chi connectivity index (χ2v) is 5.54. The number of hydrogen-bond acceptors (Lipinski definition) is 2. The van der Waals surface area contributed by atoms with E-state index in [1.165, 1.54) is 35.1 Å². The van der Waals surface area contributed by atoms with Gasteiger partial charge in [-0.3, -0.25) is 4.68 Å². The van der Waals surface area contributed by atoms with Crippen LogP contribution in [0.4, 0.5) is 0 Å². The predicted octanol–water partition coefficient (Wildman–Crippen LogP) is 2.92. The van der Waals surface area contributed by atoms with Crippen LogP contribution in [-0.2, 0) is 6.54 Å². The van der Waals surface area contributed by atoms with Gasteiger partial charge in [0.2, 0.25) is 0 Å². The Hall–Kier alpha value is -1.61. The molecule has 2 heterocycles. The van der Waals surface area contributed by atoms with Gasteiger partial charge in [0.05, 0.1) is 12.7 Å². The highest BCUT2D eigenvalue weighted by Gasteiger charge is 2.15. The fourth-order valence-electron chi connectivity index (χ4n) is 2.67. The molecule has 1 saturated heterocycles. The number of benzene rings is 1. The Morgan fingerprint density at radius 3 is 2.89 bits per heavy atom. The number of nitrogens with one attached hydrogen (secondary N) is 1. The summed E-state index contributed by atoms with van der Waals surface area (Å²) in [6.07, 6.45) is 6.68. The Bertz CT molecular complexity index is 565. The molecule has 1 N–H and O–H groups in total. The molecule has 1 aliphatic heterocycles. The summed E-state index contributed by atoms with van der Waals surface area (Å²) in [6, 6.07) is 7.19. The minimum atomic E-state index is 0.590. The summed E-state index contributed by atoms with van der Waals surface area (Å²) in [6.45, 7) is 6.43. The molecule has 1 atom stereocenters. The molecule has 1 unspecified atom stereocenters. The third-order valence-electron chi connectivity index (χ3n) is 4.04. The van der Waals surface area contributed by atoms with E-state index >= 15 is 0 Å². The highest BCUT2D eigenvalue weighted by Crippen LogP contribution is 2.21. The van der Waals surface area contributed by atoms with E-state index in [0.717, 1.165) is 13.1 Å². The van der Waals surface area contributed by atoms with E-state index in [4.69, 9.17) is 0 Å². The van der Waals surface area contributed by atoms with Crippen LogP contribution in [0, 0.1) is 13.8 Å². The van der Waals surface area contributed by atoms with E-state index in [2.05, 4.69) is 53.3 Å². The van der Waals surface area contributed by atoms with Crippen LogP contribution in [-0.4, -0.2) is 22.4 Å². The first-order valence-electron chi connectivity index (χ1n) is 7.06. The largest absolute Gasteiger partial charge is 0.312 e. The van der Waals surface area contributed by atoms with Crippen molar-refractivity contribution in [1.29, 1.82) is 0 Å². The highest BCUT2D eigenvalue weighted by molar-refractivity contribution is 5.63. The zero-order valence-corrected chi connectivity index (χ0v) is 11.7. The molecule has 3 nitrogen and oxygen atoms in total. The van der Waals surface area contributed by atoms with E-state index in [1.54, 1.807) is 0 Å². The van der Waals surface area contributed by atoms with Gasteiger partial charge in [0.25, 0.3) is 0 Å². The molecule has 0 aliphatic carbocycles. The molecule has 2 aromatic rings. The molecular formula is C16H21N3. The minimum Gasteiger partial charge on any atom is -0.312 e. The maximum absolute atomic E-state index is 4.48. The van der Waals surface area contributed by atoms with Crippen LogP contribution >= 0.6 is 0 Å². The first kappa shape index (κ1) is 12.4. The van der Waals surface area contributed by atoms with Crippen molar-refractivity contribution in [3.8, 4) is 11.1 Å². The molecule has 0 radical (unpaired) electrons. The normalized spacial score (nSPS) is 18.9. The number of nitrogens with zero attached hydrogens (tertiary/aromatic N) is 2. The summed E-state index contributed by atoms with van der Waals surface area (Å²) in [5, 5.41) is 7.99. The van der Waals surface area contributed by atoms with Crippen LogP contribution in [0.3, 0.4) is 0 Å². The second kappa shape index (κ2) is 5.17. The van der Waals surface area contributed by atoms with Gasteiger partial charge in [-0.05, 0) is 49.9 Å². The maximum atomic E-state index is 4.48. The zero-order valence-electron chi connectivity index (χ0n) is 11.7. The number of aromatic nitrogens is 2. The Kier molecular flexibility index (Phi) is 3.38. The SMILES string of the molecule is Cc1ccc(-c2cnn(CC3CCCN3)c2)cc1C. The number of aryl methyl sites for hydroxylation is 2.